The minimum Gasteiger partial charge on any atom is -0.482 e. The normalized spacial score (nSPS) is 10.2. The molecule has 5 nitrogen and oxygen atoms in total. The second-order valence-corrected chi connectivity index (χ2v) is 2.68. The highest BCUT2D eigenvalue weighted by Crippen LogP contribution is 2.10. The van der Waals surface area contributed by atoms with E-state index in [4.69, 9.17) is 9.94 Å². The number of benzene rings is 1. The number of oxime groups is 1. The predicted octanol–water partition coefficient (Wildman–Crippen LogP) is 1.05. The van der Waals surface area contributed by atoms with Crippen molar-refractivity contribution >= 4 is 12.2 Å². The highest BCUT2D eigenvalue weighted by atomic mass is 16.6. The van der Waals surface area contributed by atoms with Gasteiger partial charge in [-0.2, -0.15) is 0 Å². The Bertz CT molecular complexity index is 345. The first kappa shape index (κ1) is 11.0. The smallest absolute Gasteiger partial charge is 0.343 e. The lowest BCUT2D eigenvalue weighted by atomic mass is 10.2. The summed E-state index contributed by atoms with van der Waals surface area (Å²) in [4.78, 5) is 10.8. The van der Waals surface area contributed by atoms with Crippen molar-refractivity contribution in [3.05, 3.63) is 29.8 Å². The number of carbonyl (C=O) groups excluding carboxylic acids is 1. The van der Waals surface area contributed by atoms with Crippen molar-refractivity contribution in [2.24, 2.45) is 5.16 Å². The van der Waals surface area contributed by atoms with Gasteiger partial charge in [-0.15, -0.1) is 0 Å². The molecule has 0 aromatic heterocycles. The zero-order chi connectivity index (χ0) is 11.1. The Labute approximate surface area is 86.9 Å². The van der Waals surface area contributed by atoms with Crippen LogP contribution in [0.5, 0.6) is 5.75 Å². The van der Waals surface area contributed by atoms with Gasteiger partial charge in [0.25, 0.3) is 0 Å². The maximum Gasteiger partial charge on any atom is 0.343 e. The van der Waals surface area contributed by atoms with Crippen LogP contribution in [0.4, 0.5) is 0 Å². The van der Waals surface area contributed by atoms with Crippen LogP contribution in [0.3, 0.4) is 0 Å². The molecule has 0 saturated carbocycles. The van der Waals surface area contributed by atoms with Crippen LogP contribution in [0, 0.1) is 0 Å². The average molecular weight is 209 g/mol. The Hall–Kier alpha value is -2.04. The summed E-state index contributed by atoms with van der Waals surface area (Å²) in [6.45, 7) is -0.121. The number of nitrogens with zero attached hydrogens (tertiary/aromatic N) is 1. The summed E-state index contributed by atoms with van der Waals surface area (Å²) in [5.74, 6) is 0.117. The van der Waals surface area contributed by atoms with Crippen molar-refractivity contribution in [1.82, 2.24) is 0 Å². The third kappa shape index (κ3) is 3.68. The van der Waals surface area contributed by atoms with Crippen LogP contribution in [0.15, 0.2) is 29.4 Å². The van der Waals surface area contributed by atoms with E-state index in [1.165, 1.54) is 13.3 Å². The summed E-state index contributed by atoms with van der Waals surface area (Å²) in [6, 6.07) is 6.73. The van der Waals surface area contributed by atoms with Gasteiger partial charge in [0.2, 0.25) is 0 Å². The molecule has 0 saturated heterocycles. The van der Waals surface area contributed by atoms with E-state index in [0.29, 0.717) is 5.75 Å². The molecule has 1 rings (SSSR count). The highest BCUT2D eigenvalue weighted by Gasteiger charge is 2.00. The summed E-state index contributed by atoms with van der Waals surface area (Å²) in [6.07, 6.45) is 1.30. The zero-order valence-corrected chi connectivity index (χ0v) is 8.21. The Morgan fingerprint density at radius 3 is 2.67 bits per heavy atom. The Balaban J connectivity index is 2.53. The van der Waals surface area contributed by atoms with Gasteiger partial charge in [-0.05, 0) is 29.8 Å². The van der Waals surface area contributed by atoms with Crippen LogP contribution in [0.1, 0.15) is 5.56 Å². The quantitative estimate of drug-likeness (QED) is 0.348. The van der Waals surface area contributed by atoms with Crippen LogP contribution in [-0.2, 0) is 9.53 Å². The van der Waals surface area contributed by atoms with Crippen molar-refractivity contribution in [2.75, 3.05) is 13.7 Å². The maximum atomic E-state index is 10.8. The van der Waals surface area contributed by atoms with Gasteiger partial charge in [0.15, 0.2) is 6.61 Å². The van der Waals surface area contributed by atoms with E-state index in [2.05, 4.69) is 9.89 Å². The molecule has 1 N–H and O–H groups in total. The van der Waals surface area contributed by atoms with E-state index in [-0.39, 0.29) is 6.61 Å². The van der Waals surface area contributed by atoms with E-state index in [1.54, 1.807) is 24.3 Å². The van der Waals surface area contributed by atoms with Gasteiger partial charge >= 0.3 is 5.97 Å². The summed E-state index contributed by atoms with van der Waals surface area (Å²) < 4.78 is 9.53. The van der Waals surface area contributed by atoms with Crippen molar-refractivity contribution in [3.63, 3.8) is 0 Å². The lowest BCUT2D eigenvalue weighted by Gasteiger charge is -2.04. The molecular formula is C10H11NO4. The molecular weight excluding hydrogens is 198 g/mol. The molecule has 0 atom stereocenters. The lowest BCUT2D eigenvalue weighted by Crippen LogP contribution is -2.12. The molecule has 0 amide bonds. The van der Waals surface area contributed by atoms with Crippen LogP contribution in [0.2, 0.25) is 0 Å². The van der Waals surface area contributed by atoms with Gasteiger partial charge in [0.05, 0.1) is 13.3 Å². The number of hydrogen-bond donors (Lipinski definition) is 1. The van der Waals surface area contributed by atoms with Gasteiger partial charge in [0, 0.05) is 0 Å². The first-order valence-corrected chi connectivity index (χ1v) is 4.23. The third-order valence-corrected chi connectivity index (χ3v) is 1.67. The monoisotopic (exact) mass is 209 g/mol. The minimum atomic E-state index is -0.434. The molecule has 0 aliphatic carbocycles. The van der Waals surface area contributed by atoms with Crippen LogP contribution >= 0.6 is 0 Å². The Morgan fingerprint density at radius 2 is 2.13 bits per heavy atom. The Kier molecular flexibility index (Phi) is 4.15. The lowest BCUT2D eigenvalue weighted by molar-refractivity contribution is -0.142. The Morgan fingerprint density at radius 1 is 1.47 bits per heavy atom. The first-order valence-electron chi connectivity index (χ1n) is 4.23. The number of ether oxygens (including phenoxy) is 2. The fourth-order valence-electron chi connectivity index (χ4n) is 0.918. The largest absolute Gasteiger partial charge is 0.482 e. The molecule has 5 heteroatoms. The maximum absolute atomic E-state index is 10.8. The van der Waals surface area contributed by atoms with Gasteiger partial charge in [-0.3, -0.25) is 0 Å². The zero-order valence-electron chi connectivity index (χ0n) is 8.21. The van der Waals surface area contributed by atoms with Gasteiger partial charge in [0.1, 0.15) is 5.75 Å². The molecule has 0 fully saturated rings. The second kappa shape index (κ2) is 5.64. The summed E-state index contributed by atoms with van der Waals surface area (Å²) in [7, 11) is 1.30. The van der Waals surface area contributed by atoms with Gasteiger partial charge in [-0.25, -0.2) is 4.79 Å². The van der Waals surface area contributed by atoms with Crippen molar-refractivity contribution < 1.29 is 19.5 Å². The van der Waals surface area contributed by atoms with E-state index in [0.717, 1.165) is 5.56 Å². The van der Waals surface area contributed by atoms with Crippen LogP contribution < -0.4 is 4.74 Å². The molecule has 15 heavy (non-hydrogen) atoms. The molecule has 1 aromatic rings. The van der Waals surface area contributed by atoms with Gasteiger partial charge in [-0.1, -0.05) is 5.16 Å². The van der Waals surface area contributed by atoms with Crippen molar-refractivity contribution in [2.45, 2.75) is 0 Å². The van der Waals surface area contributed by atoms with E-state index in [9.17, 15) is 4.79 Å². The van der Waals surface area contributed by atoms with E-state index in [1.807, 2.05) is 0 Å². The fourth-order valence-corrected chi connectivity index (χ4v) is 0.918. The van der Waals surface area contributed by atoms with Crippen LogP contribution in [0.25, 0.3) is 0 Å². The van der Waals surface area contributed by atoms with E-state index < -0.39 is 5.97 Å². The number of methoxy groups -OCH3 is 1. The topological polar surface area (TPSA) is 68.1 Å². The first-order chi connectivity index (χ1) is 7.26. The van der Waals surface area contributed by atoms with Gasteiger partial charge < -0.3 is 14.7 Å². The third-order valence-electron chi connectivity index (χ3n) is 1.67. The predicted molar refractivity (Wildman–Crippen MR) is 53.3 cm³/mol. The molecule has 80 valence electrons. The summed E-state index contributed by atoms with van der Waals surface area (Å²) in [5.41, 5.74) is 0.739. The number of rotatable bonds is 4. The standard InChI is InChI=1S/C10H11NO4/c1-14-10(12)7-15-9-4-2-8(3-5-9)6-11-13/h2-6,13H,7H2,1H3/b11-6+. The van der Waals surface area contributed by atoms with E-state index >= 15 is 0 Å². The minimum absolute atomic E-state index is 0.121. The molecule has 0 aliphatic rings. The molecule has 0 spiro atoms. The molecule has 0 heterocycles. The van der Waals surface area contributed by atoms with Crippen molar-refractivity contribution in [1.29, 1.82) is 0 Å². The highest BCUT2D eigenvalue weighted by molar-refractivity contribution is 5.79. The SMILES string of the molecule is COC(=O)COc1ccc(/C=N/O)cc1. The average Bonchev–Trinajstić information content (AvgIpc) is 2.28. The number of esters is 1. The number of carbonyl (C=O) groups is 1. The van der Waals surface area contributed by atoms with Crippen LogP contribution in [-0.4, -0.2) is 31.1 Å². The molecule has 0 radical (unpaired) electrons. The summed E-state index contributed by atoms with van der Waals surface area (Å²) >= 11 is 0. The molecule has 0 aliphatic heterocycles. The summed E-state index contributed by atoms with van der Waals surface area (Å²) in [5, 5.41) is 11.2. The molecule has 0 unspecified atom stereocenters. The van der Waals surface area contributed by atoms with Crippen molar-refractivity contribution in [3.8, 4) is 5.75 Å². The fraction of sp³-hybridized carbons (Fsp3) is 0.200. The molecule has 0 bridgehead atoms. The second-order valence-electron chi connectivity index (χ2n) is 2.68. The molecule has 1 aromatic carbocycles. The number of hydrogen-bond acceptors (Lipinski definition) is 5.